The van der Waals surface area contributed by atoms with E-state index in [-0.39, 0.29) is 18.2 Å². The van der Waals surface area contributed by atoms with Crippen LogP contribution >= 0.6 is 11.8 Å². The number of aliphatic hydroxyl groups is 1. The lowest BCUT2D eigenvalue weighted by Crippen LogP contribution is -2.59. The van der Waals surface area contributed by atoms with Gasteiger partial charge in [0.2, 0.25) is 5.91 Å². The summed E-state index contributed by atoms with van der Waals surface area (Å²) < 4.78 is -0.576. The number of carbonyl (C=O) groups is 3. The molecular formula is C33H40N4O4S. The van der Waals surface area contributed by atoms with Gasteiger partial charge >= 0.3 is 6.03 Å². The van der Waals surface area contributed by atoms with E-state index in [0.29, 0.717) is 12.2 Å². The quantitative estimate of drug-likeness (QED) is 0.290. The Morgan fingerprint density at radius 2 is 1.55 bits per heavy atom. The van der Waals surface area contributed by atoms with E-state index in [1.807, 2.05) is 107 Å². The van der Waals surface area contributed by atoms with Crippen LogP contribution in [0.1, 0.15) is 41.7 Å². The number of thioether (sulfide) groups is 1. The van der Waals surface area contributed by atoms with Gasteiger partial charge in [0.05, 0.1) is 11.9 Å². The molecule has 0 radical (unpaired) electrons. The molecule has 222 valence electrons. The molecule has 8 nitrogen and oxygen atoms in total. The van der Waals surface area contributed by atoms with Gasteiger partial charge in [0.15, 0.2) is 6.10 Å². The smallest absolute Gasteiger partial charge is 0.319 e. The molecule has 1 fully saturated rings. The van der Waals surface area contributed by atoms with Gasteiger partial charge in [0, 0.05) is 17.0 Å². The van der Waals surface area contributed by atoms with Crippen molar-refractivity contribution in [3.05, 3.63) is 101 Å². The van der Waals surface area contributed by atoms with Crippen LogP contribution in [0.15, 0.2) is 72.8 Å². The van der Waals surface area contributed by atoms with Crippen molar-refractivity contribution in [3.8, 4) is 0 Å². The first-order valence-corrected chi connectivity index (χ1v) is 15.1. The molecule has 3 aromatic carbocycles. The summed E-state index contributed by atoms with van der Waals surface area (Å²) in [6, 6.07) is 20.6. The molecule has 3 aromatic rings. The molecule has 1 aliphatic heterocycles. The fourth-order valence-electron chi connectivity index (χ4n) is 5.28. The van der Waals surface area contributed by atoms with Crippen molar-refractivity contribution < 1.29 is 19.5 Å². The van der Waals surface area contributed by atoms with E-state index < -0.39 is 34.9 Å². The molecule has 0 saturated carbocycles. The highest BCUT2D eigenvalue weighted by Gasteiger charge is 2.49. The summed E-state index contributed by atoms with van der Waals surface area (Å²) in [5.41, 5.74) is 5.39. The lowest BCUT2D eigenvalue weighted by Gasteiger charge is -2.33. The van der Waals surface area contributed by atoms with E-state index in [0.717, 1.165) is 27.8 Å². The van der Waals surface area contributed by atoms with Crippen LogP contribution in [0, 0.1) is 20.8 Å². The summed E-state index contributed by atoms with van der Waals surface area (Å²) in [6.07, 6.45) is -1.35. The number of urea groups is 1. The molecule has 0 aliphatic carbocycles. The molecule has 3 atom stereocenters. The number of anilines is 1. The predicted molar refractivity (Wildman–Crippen MR) is 168 cm³/mol. The van der Waals surface area contributed by atoms with Crippen LogP contribution in [0.25, 0.3) is 0 Å². The number of rotatable bonds is 9. The first-order valence-electron chi connectivity index (χ1n) is 14.1. The first-order chi connectivity index (χ1) is 20.0. The van der Waals surface area contributed by atoms with E-state index >= 15 is 0 Å². The van der Waals surface area contributed by atoms with Crippen LogP contribution in [-0.4, -0.2) is 56.7 Å². The molecule has 4 rings (SSSR count). The van der Waals surface area contributed by atoms with Crippen molar-refractivity contribution in [2.24, 2.45) is 0 Å². The van der Waals surface area contributed by atoms with Gasteiger partial charge in [-0.1, -0.05) is 72.8 Å². The number of aliphatic hydroxyl groups excluding tert-OH is 1. The molecule has 4 amide bonds. The maximum Gasteiger partial charge on any atom is 0.319 e. The molecule has 0 aromatic heterocycles. The zero-order chi connectivity index (χ0) is 30.4. The topological polar surface area (TPSA) is 111 Å². The van der Waals surface area contributed by atoms with E-state index in [9.17, 15) is 19.5 Å². The fourth-order valence-corrected chi connectivity index (χ4v) is 6.42. The number of para-hydroxylation sites is 1. The second kappa shape index (κ2) is 13.4. The minimum absolute atomic E-state index is 0.225. The zero-order valence-electron chi connectivity index (χ0n) is 24.8. The molecule has 0 bridgehead atoms. The van der Waals surface area contributed by atoms with E-state index in [1.165, 1.54) is 16.7 Å². The Bertz CT molecular complexity index is 1410. The maximum atomic E-state index is 13.9. The predicted octanol–water partition coefficient (Wildman–Crippen LogP) is 4.70. The number of benzene rings is 3. The van der Waals surface area contributed by atoms with Crippen molar-refractivity contribution in [1.29, 1.82) is 0 Å². The van der Waals surface area contributed by atoms with Gasteiger partial charge in [-0.25, -0.2) is 4.79 Å². The Labute approximate surface area is 252 Å². The maximum absolute atomic E-state index is 13.9. The number of hydrogen-bond acceptors (Lipinski definition) is 5. The number of nitrogens with zero attached hydrogens (tertiary/aromatic N) is 1. The van der Waals surface area contributed by atoms with Crippen LogP contribution in [0.2, 0.25) is 0 Å². The normalized spacial score (nSPS) is 17.3. The molecule has 1 saturated heterocycles. The minimum atomic E-state index is -1.57. The number of nitrogens with one attached hydrogen (secondary N) is 3. The van der Waals surface area contributed by atoms with Gasteiger partial charge in [-0.05, 0) is 68.9 Å². The molecule has 1 heterocycles. The average molecular weight is 589 g/mol. The van der Waals surface area contributed by atoms with E-state index in [4.69, 9.17) is 0 Å². The SMILES string of the molecule is Cc1ccccc1CNC(=O)[C@H]1N(C(=O)[C@@H](O)[C@H](Cc2ccccc2)NC(=O)Nc2c(C)cccc2C)CSC1(C)C. The fraction of sp³-hybridized carbons (Fsp3) is 0.364. The van der Waals surface area contributed by atoms with Crippen LogP contribution in [-0.2, 0) is 22.6 Å². The third kappa shape index (κ3) is 7.33. The number of carbonyl (C=O) groups excluding carboxylic acids is 3. The summed E-state index contributed by atoms with van der Waals surface area (Å²) in [5, 5.41) is 20.2. The second-order valence-electron chi connectivity index (χ2n) is 11.3. The highest BCUT2D eigenvalue weighted by atomic mass is 32.2. The van der Waals surface area contributed by atoms with Gasteiger partial charge in [0.1, 0.15) is 6.04 Å². The molecular weight excluding hydrogens is 548 g/mol. The van der Waals surface area contributed by atoms with E-state index in [2.05, 4.69) is 16.0 Å². The molecule has 9 heteroatoms. The molecule has 42 heavy (non-hydrogen) atoms. The summed E-state index contributed by atoms with van der Waals surface area (Å²) in [4.78, 5) is 42.0. The van der Waals surface area contributed by atoms with Crippen molar-refractivity contribution >= 4 is 35.3 Å². The Morgan fingerprint density at radius 3 is 2.21 bits per heavy atom. The number of aryl methyl sites for hydroxylation is 3. The van der Waals surface area contributed by atoms with E-state index in [1.54, 1.807) is 0 Å². The van der Waals surface area contributed by atoms with Gasteiger partial charge in [0.25, 0.3) is 5.91 Å². The molecule has 0 unspecified atom stereocenters. The van der Waals surface area contributed by atoms with Gasteiger partial charge in [-0.3, -0.25) is 9.59 Å². The largest absolute Gasteiger partial charge is 0.381 e. The minimum Gasteiger partial charge on any atom is -0.381 e. The lowest BCUT2D eigenvalue weighted by atomic mass is 9.97. The summed E-state index contributed by atoms with van der Waals surface area (Å²) >= 11 is 1.48. The molecule has 1 aliphatic rings. The van der Waals surface area contributed by atoms with Crippen molar-refractivity contribution in [2.45, 2.75) is 70.5 Å². The summed E-state index contributed by atoms with van der Waals surface area (Å²) in [7, 11) is 0. The van der Waals surface area contributed by atoms with Crippen molar-refractivity contribution in [3.63, 3.8) is 0 Å². The van der Waals surface area contributed by atoms with Crippen LogP contribution < -0.4 is 16.0 Å². The monoisotopic (exact) mass is 588 g/mol. The molecule has 4 N–H and O–H groups in total. The summed E-state index contributed by atoms with van der Waals surface area (Å²) in [5.74, 6) is -0.635. The molecule has 0 spiro atoms. The highest BCUT2D eigenvalue weighted by Crippen LogP contribution is 2.40. The third-order valence-corrected chi connectivity index (χ3v) is 9.13. The zero-order valence-corrected chi connectivity index (χ0v) is 25.6. The number of amides is 4. The first kappa shape index (κ1) is 31.1. The second-order valence-corrected chi connectivity index (χ2v) is 12.9. The van der Waals surface area contributed by atoms with Crippen molar-refractivity contribution in [1.82, 2.24) is 15.5 Å². The Balaban J connectivity index is 1.53. The van der Waals surface area contributed by atoms with Crippen molar-refractivity contribution in [2.75, 3.05) is 11.2 Å². The Kier molecular flexibility index (Phi) is 9.96. The van der Waals surface area contributed by atoms with Gasteiger partial charge < -0.3 is 26.0 Å². The summed E-state index contributed by atoms with van der Waals surface area (Å²) in [6.45, 7) is 9.97. The van der Waals surface area contributed by atoms with Gasteiger partial charge in [-0.2, -0.15) is 0 Å². The van der Waals surface area contributed by atoms with Crippen LogP contribution in [0.5, 0.6) is 0 Å². The highest BCUT2D eigenvalue weighted by molar-refractivity contribution is 8.00. The lowest BCUT2D eigenvalue weighted by molar-refractivity contribution is -0.147. The average Bonchev–Trinajstić information content (AvgIpc) is 3.28. The van der Waals surface area contributed by atoms with Crippen LogP contribution in [0.4, 0.5) is 10.5 Å². The Morgan fingerprint density at radius 1 is 0.929 bits per heavy atom. The standard InChI is InChI=1S/C33H40N4O4S/c1-21-12-9-10-17-25(21)19-34-30(39)29-33(4,5)42-20-37(29)31(40)28(38)26(18-24-15-7-6-8-16-24)35-32(41)36-27-22(2)13-11-14-23(27)3/h6-17,26,28-29,38H,18-20H2,1-5H3,(H,34,39)(H2,35,36,41)/t26-,28-,29+/m0/s1. The van der Waals surface area contributed by atoms with Crippen LogP contribution in [0.3, 0.4) is 0 Å². The van der Waals surface area contributed by atoms with Gasteiger partial charge in [-0.15, -0.1) is 11.8 Å². The number of hydrogen-bond donors (Lipinski definition) is 4. The third-order valence-electron chi connectivity index (χ3n) is 7.76. The Hall–Kier alpha value is -3.82.